The summed E-state index contributed by atoms with van der Waals surface area (Å²) in [6.07, 6.45) is 5.25. The lowest BCUT2D eigenvalue weighted by molar-refractivity contribution is 0.198. The number of halogens is 1. The fourth-order valence-corrected chi connectivity index (χ4v) is 4.17. The lowest BCUT2D eigenvalue weighted by atomic mass is 9.78. The van der Waals surface area contributed by atoms with Gasteiger partial charge < -0.3 is 5.11 Å². The van der Waals surface area contributed by atoms with Crippen molar-refractivity contribution in [1.82, 2.24) is 0 Å². The molecule has 0 bridgehead atoms. The molecule has 1 unspecified atom stereocenters. The molecule has 0 saturated carbocycles. The van der Waals surface area contributed by atoms with E-state index in [1.807, 2.05) is 19.1 Å². The molecule has 1 N–H and O–H groups in total. The second kappa shape index (κ2) is 10.2. The Labute approximate surface area is 171 Å². The number of hydrogen-bond acceptors (Lipinski definition) is 1. The molecular weight excluding hydrogens is 347 g/mol. The van der Waals surface area contributed by atoms with Crippen LogP contribution in [0.25, 0.3) is 11.1 Å². The monoisotopic (exact) mass is 384 g/mol. The van der Waals surface area contributed by atoms with Crippen molar-refractivity contribution in [1.29, 1.82) is 0 Å². The fraction of sp³-hybridized carbons (Fsp3) is 0.538. The van der Waals surface area contributed by atoms with Gasteiger partial charge in [-0.2, -0.15) is 0 Å². The predicted molar refractivity (Wildman–Crippen MR) is 118 cm³/mol. The number of benzene rings is 2. The first-order valence-corrected chi connectivity index (χ1v) is 10.9. The zero-order chi connectivity index (χ0) is 20.8. The molecule has 1 atom stereocenters. The van der Waals surface area contributed by atoms with E-state index in [0.29, 0.717) is 11.8 Å². The zero-order valence-corrected chi connectivity index (χ0v) is 18.5. The molecule has 0 fully saturated rings. The highest BCUT2D eigenvalue weighted by Crippen LogP contribution is 2.41. The Kier molecular flexibility index (Phi) is 8.24. The summed E-state index contributed by atoms with van der Waals surface area (Å²) in [6.45, 7) is 12.9. The molecular formula is C26H37FO. The van der Waals surface area contributed by atoms with Crippen molar-refractivity contribution < 1.29 is 9.50 Å². The second-order valence-corrected chi connectivity index (χ2v) is 8.63. The number of aliphatic hydroxyl groups is 1. The van der Waals surface area contributed by atoms with Gasteiger partial charge in [0.25, 0.3) is 0 Å². The first kappa shape index (κ1) is 22.6. The summed E-state index contributed by atoms with van der Waals surface area (Å²) < 4.78 is 13.6. The molecule has 2 aromatic carbocycles. The average Bonchev–Trinajstić information content (AvgIpc) is 2.64. The molecule has 2 aromatic rings. The Morgan fingerprint density at radius 2 is 1.46 bits per heavy atom. The Balaban J connectivity index is 2.77. The third kappa shape index (κ3) is 5.23. The van der Waals surface area contributed by atoms with E-state index in [4.69, 9.17) is 0 Å². The SMILES string of the molecule is CCCCCCc1c(C(C)C)cc(C(C)C)c(C(C)O)c1-c1ccc(F)cc1. The molecule has 0 aliphatic rings. The Hall–Kier alpha value is -1.67. The van der Waals surface area contributed by atoms with Gasteiger partial charge >= 0.3 is 0 Å². The van der Waals surface area contributed by atoms with E-state index < -0.39 is 6.10 Å². The van der Waals surface area contributed by atoms with Crippen LogP contribution in [-0.4, -0.2) is 5.11 Å². The van der Waals surface area contributed by atoms with E-state index in [9.17, 15) is 9.50 Å². The third-order valence-electron chi connectivity index (χ3n) is 5.62. The molecule has 154 valence electrons. The third-order valence-corrected chi connectivity index (χ3v) is 5.62. The van der Waals surface area contributed by atoms with Gasteiger partial charge in [0.2, 0.25) is 0 Å². The summed E-state index contributed by atoms with van der Waals surface area (Å²) in [5.74, 6) is 0.493. The van der Waals surface area contributed by atoms with Gasteiger partial charge in [-0.1, -0.05) is 72.1 Å². The molecule has 0 heterocycles. The van der Waals surface area contributed by atoms with E-state index in [0.717, 1.165) is 29.5 Å². The number of hydrogen-bond donors (Lipinski definition) is 1. The first-order chi connectivity index (χ1) is 13.3. The normalized spacial score (nSPS) is 12.8. The van der Waals surface area contributed by atoms with Crippen LogP contribution in [0.1, 0.15) is 107 Å². The van der Waals surface area contributed by atoms with Gasteiger partial charge in [-0.05, 0) is 77.1 Å². The van der Waals surface area contributed by atoms with E-state index in [1.165, 1.54) is 48.1 Å². The summed E-state index contributed by atoms with van der Waals surface area (Å²) in [5, 5.41) is 10.7. The number of rotatable bonds is 9. The molecule has 0 aliphatic heterocycles. The highest BCUT2D eigenvalue weighted by Gasteiger charge is 2.24. The Morgan fingerprint density at radius 1 is 0.857 bits per heavy atom. The summed E-state index contributed by atoms with van der Waals surface area (Å²) in [7, 11) is 0. The van der Waals surface area contributed by atoms with Gasteiger partial charge in [-0.3, -0.25) is 0 Å². The van der Waals surface area contributed by atoms with Gasteiger partial charge in [0, 0.05) is 0 Å². The van der Waals surface area contributed by atoms with Gasteiger partial charge in [0.1, 0.15) is 5.82 Å². The molecule has 28 heavy (non-hydrogen) atoms. The number of aliphatic hydroxyl groups excluding tert-OH is 1. The zero-order valence-electron chi connectivity index (χ0n) is 18.5. The fourth-order valence-electron chi connectivity index (χ4n) is 4.17. The van der Waals surface area contributed by atoms with Crippen LogP contribution in [0.4, 0.5) is 4.39 Å². The maximum Gasteiger partial charge on any atom is 0.123 e. The van der Waals surface area contributed by atoms with Crippen LogP contribution in [0.3, 0.4) is 0 Å². The highest BCUT2D eigenvalue weighted by molar-refractivity contribution is 5.75. The van der Waals surface area contributed by atoms with Crippen LogP contribution in [-0.2, 0) is 6.42 Å². The Bertz CT molecular complexity index is 757. The Morgan fingerprint density at radius 3 is 1.96 bits per heavy atom. The summed E-state index contributed by atoms with van der Waals surface area (Å²) in [5.41, 5.74) is 7.04. The molecule has 1 nitrogen and oxygen atoms in total. The van der Waals surface area contributed by atoms with Gasteiger partial charge in [0.15, 0.2) is 0 Å². The van der Waals surface area contributed by atoms with Crippen LogP contribution in [0.15, 0.2) is 30.3 Å². The average molecular weight is 385 g/mol. The smallest absolute Gasteiger partial charge is 0.123 e. The molecule has 0 radical (unpaired) electrons. The maximum atomic E-state index is 13.6. The van der Waals surface area contributed by atoms with Crippen molar-refractivity contribution in [2.24, 2.45) is 0 Å². The topological polar surface area (TPSA) is 20.2 Å². The van der Waals surface area contributed by atoms with E-state index in [1.54, 1.807) is 0 Å². The predicted octanol–water partition coefficient (Wildman–Crippen LogP) is 7.92. The summed E-state index contributed by atoms with van der Waals surface area (Å²) >= 11 is 0. The van der Waals surface area contributed by atoms with Crippen LogP contribution in [0.5, 0.6) is 0 Å². The minimum Gasteiger partial charge on any atom is -0.389 e. The number of unbranched alkanes of at least 4 members (excludes halogenated alkanes) is 3. The second-order valence-electron chi connectivity index (χ2n) is 8.63. The van der Waals surface area contributed by atoms with E-state index in [2.05, 4.69) is 40.7 Å². The van der Waals surface area contributed by atoms with Crippen LogP contribution in [0, 0.1) is 5.82 Å². The molecule has 2 heteroatoms. The first-order valence-electron chi connectivity index (χ1n) is 10.9. The van der Waals surface area contributed by atoms with Crippen LogP contribution in [0.2, 0.25) is 0 Å². The van der Waals surface area contributed by atoms with Gasteiger partial charge in [-0.15, -0.1) is 0 Å². The van der Waals surface area contributed by atoms with Gasteiger partial charge in [0.05, 0.1) is 6.10 Å². The van der Waals surface area contributed by atoms with Crippen molar-refractivity contribution in [3.05, 3.63) is 58.4 Å². The molecule has 0 amide bonds. The molecule has 0 spiro atoms. The van der Waals surface area contributed by atoms with Crippen molar-refractivity contribution >= 4 is 0 Å². The van der Waals surface area contributed by atoms with Crippen molar-refractivity contribution in [3.63, 3.8) is 0 Å². The summed E-state index contributed by atoms with van der Waals surface area (Å²) in [6, 6.07) is 9.10. The molecule has 0 saturated heterocycles. The van der Waals surface area contributed by atoms with Crippen LogP contribution >= 0.6 is 0 Å². The minimum absolute atomic E-state index is 0.226. The molecule has 0 aromatic heterocycles. The lowest BCUT2D eigenvalue weighted by Gasteiger charge is -2.27. The van der Waals surface area contributed by atoms with Crippen LogP contribution < -0.4 is 0 Å². The molecule has 0 aliphatic carbocycles. The molecule has 2 rings (SSSR count). The quantitative estimate of drug-likeness (QED) is 0.435. The standard InChI is InChI=1S/C26H37FO/c1-7-8-9-10-11-22-23(17(2)3)16-24(18(4)5)25(19(6)28)26(22)20-12-14-21(27)15-13-20/h12-19,28H,7-11H2,1-6H3. The van der Waals surface area contributed by atoms with E-state index >= 15 is 0 Å². The van der Waals surface area contributed by atoms with Crippen molar-refractivity contribution in [3.8, 4) is 11.1 Å². The van der Waals surface area contributed by atoms with Gasteiger partial charge in [-0.25, -0.2) is 4.39 Å². The summed E-state index contributed by atoms with van der Waals surface area (Å²) in [4.78, 5) is 0. The largest absolute Gasteiger partial charge is 0.389 e. The van der Waals surface area contributed by atoms with E-state index in [-0.39, 0.29) is 5.82 Å². The lowest BCUT2D eigenvalue weighted by Crippen LogP contribution is -2.11. The van der Waals surface area contributed by atoms with Crippen molar-refractivity contribution in [2.45, 2.75) is 91.6 Å². The van der Waals surface area contributed by atoms with Crippen molar-refractivity contribution in [2.75, 3.05) is 0 Å². The highest BCUT2D eigenvalue weighted by atomic mass is 19.1. The minimum atomic E-state index is -0.562. The maximum absolute atomic E-state index is 13.6.